The molecule has 2 heterocycles. The first-order valence-corrected chi connectivity index (χ1v) is 6.22. The van der Waals surface area contributed by atoms with Crippen molar-refractivity contribution >= 4 is 28.2 Å². The number of rotatable bonds is 1. The third-order valence-corrected chi connectivity index (χ3v) is 3.35. The van der Waals surface area contributed by atoms with Crippen LogP contribution in [0.25, 0.3) is 10.8 Å². The Kier molecular flexibility index (Phi) is 2.87. The van der Waals surface area contributed by atoms with E-state index in [4.69, 9.17) is 11.6 Å². The number of aromatic nitrogens is 1. The average molecular weight is 248 g/mol. The van der Waals surface area contributed by atoms with Gasteiger partial charge in [-0.05, 0) is 23.6 Å². The van der Waals surface area contributed by atoms with Crippen molar-refractivity contribution in [1.82, 2.24) is 10.3 Å². The van der Waals surface area contributed by atoms with Crippen LogP contribution < -0.4 is 10.2 Å². The maximum atomic E-state index is 5.96. The molecule has 0 amide bonds. The molecular weight excluding hydrogens is 234 g/mol. The Morgan fingerprint density at radius 2 is 1.94 bits per heavy atom. The minimum atomic E-state index is 0.759. The number of pyridine rings is 1. The van der Waals surface area contributed by atoms with Crippen molar-refractivity contribution < 1.29 is 0 Å². The fourth-order valence-corrected chi connectivity index (χ4v) is 2.35. The van der Waals surface area contributed by atoms with Crippen LogP contribution in [0.4, 0.5) is 5.82 Å². The van der Waals surface area contributed by atoms with E-state index in [1.165, 1.54) is 5.39 Å². The summed E-state index contributed by atoms with van der Waals surface area (Å²) in [4.78, 5) is 6.82. The zero-order valence-corrected chi connectivity index (χ0v) is 10.2. The Morgan fingerprint density at radius 3 is 2.76 bits per heavy atom. The number of hydrogen-bond donors (Lipinski definition) is 1. The predicted octanol–water partition coefficient (Wildman–Crippen LogP) is 2.30. The van der Waals surface area contributed by atoms with E-state index in [2.05, 4.69) is 21.3 Å². The Hall–Kier alpha value is -1.32. The van der Waals surface area contributed by atoms with Gasteiger partial charge < -0.3 is 10.2 Å². The van der Waals surface area contributed by atoms with Crippen LogP contribution in [0.15, 0.2) is 30.5 Å². The number of fused-ring (bicyclic) bond motifs is 1. The van der Waals surface area contributed by atoms with Gasteiger partial charge in [-0.3, -0.25) is 0 Å². The molecule has 0 unspecified atom stereocenters. The molecule has 1 aromatic carbocycles. The minimum Gasteiger partial charge on any atom is -0.354 e. The maximum Gasteiger partial charge on any atom is 0.129 e. The number of benzene rings is 1. The van der Waals surface area contributed by atoms with Gasteiger partial charge in [0.25, 0.3) is 0 Å². The highest BCUT2D eigenvalue weighted by Gasteiger charge is 2.11. The van der Waals surface area contributed by atoms with E-state index in [9.17, 15) is 0 Å². The minimum absolute atomic E-state index is 0.759. The summed E-state index contributed by atoms with van der Waals surface area (Å²) >= 11 is 5.96. The standard InChI is InChI=1S/C13H14ClN3/c14-12-2-1-10-8-13(16-9-11(10)7-12)17-5-3-15-4-6-17/h1-2,7-9,15H,3-6H2. The van der Waals surface area contributed by atoms with Crippen molar-refractivity contribution in [2.45, 2.75) is 0 Å². The van der Waals surface area contributed by atoms with Gasteiger partial charge in [0.1, 0.15) is 5.82 Å². The van der Waals surface area contributed by atoms with Crippen LogP contribution in [0.2, 0.25) is 5.02 Å². The lowest BCUT2D eigenvalue weighted by Crippen LogP contribution is -2.43. The Bertz CT molecular complexity index is 535. The van der Waals surface area contributed by atoms with Crippen LogP contribution in [-0.4, -0.2) is 31.2 Å². The molecule has 3 rings (SSSR count). The second-order valence-electron chi connectivity index (χ2n) is 4.27. The first-order valence-electron chi connectivity index (χ1n) is 5.84. The monoisotopic (exact) mass is 247 g/mol. The summed E-state index contributed by atoms with van der Waals surface area (Å²) in [6.45, 7) is 4.10. The van der Waals surface area contributed by atoms with Crippen LogP contribution in [-0.2, 0) is 0 Å². The predicted molar refractivity (Wildman–Crippen MR) is 71.8 cm³/mol. The lowest BCUT2D eigenvalue weighted by molar-refractivity contribution is 0.585. The van der Waals surface area contributed by atoms with Crippen molar-refractivity contribution in [2.75, 3.05) is 31.1 Å². The zero-order chi connectivity index (χ0) is 11.7. The van der Waals surface area contributed by atoms with E-state index in [1.54, 1.807) is 0 Å². The molecule has 4 heteroatoms. The number of piperazine rings is 1. The molecule has 17 heavy (non-hydrogen) atoms. The van der Waals surface area contributed by atoms with Gasteiger partial charge in [-0.2, -0.15) is 0 Å². The molecule has 1 saturated heterocycles. The van der Waals surface area contributed by atoms with Crippen molar-refractivity contribution in [3.05, 3.63) is 35.5 Å². The second kappa shape index (κ2) is 4.51. The molecule has 3 nitrogen and oxygen atoms in total. The normalized spacial score (nSPS) is 16.4. The van der Waals surface area contributed by atoms with Crippen molar-refractivity contribution in [1.29, 1.82) is 0 Å². The van der Waals surface area contributed by atoms with Gasteiger partial charge in [0, 0.05) is 42.8 Å². The summed E-state index contributed by atoms with van der Waals surface area (Å²) in [7, 11) is 0. The van der Waals surface area contributed by atoms with Gasteiger partial charge in [0.15, 0.2) is 0 Å². The topological polar surface area (TPSA) is 28.2 Å². The molecule has 1 aliphatic heterocycles. The molecule has 0 radical (unpaired) electrons. The third kappa shape index (κ3) is 2.21. The lowest BCUT2D eigenvalue weighted by Gasteiger charge is -2.28. The van der Waals surface area contributed by atoms with Gasteiger partial charge in [0.2, 0.25) is 0 Å². The molecule has 0 spiro atoms. The van der Waals surface area contributed by atoms with Gasteiger partial charge in [-0.25, -0.2) is 4.98 Å². The number of halogens is 1. The third-order valence-electron chi connectivity index (χ3n) is 3.11. The second-order valence-corrected chi connectivity index (χ2v) is 4.71. The highest BCUT2D eigenvalue weighted by atomic mass is 35.5. The van der Waals surface area contributed by atoms with E-state index in [-0.39, 0.29) is 0 Å². The van der Waals surface area contributed by atoms with E-state index >= 15 is 0 Å². The molecule has 88 valence electrons. The van der Waals surface area contributed by atoms with Crippen LogP contribution in [0.3, 0.4) is 0 Å². The highest BCUT2D eigenvalue weighted by molar-refractivity contribution is 6.31. The molecule has 0 bridgehead atoms. The molecule has 1 fully saturated rings. The van der Waals surface area contributed by atoms with Crippen molar-refractivity contribution in [2.24, 2.45) is 0 Å². The molecular formula is C13H14ClN3. The van der Waals surface area contributed by atoms with Gasteiger partial charge in [-0.1, -0.05) is 17.7 Å². The molecule has 0 aliphatic carbocycles. The number of hydrogen-bond acceptors (Lipinski definition) is 3. The molecule has 0 atom stereocenters. The summed E-state index contributed by atoms with van der Waals surface area (Å²) < 4.78 is 0. The first-order chi connectivity index (χ1) is 8.33. The molecule has 2 aromatic rings. The Balaban J connectivity index is 1.98. The zero-order valence-electron chi connectivity index (χ0n) is 9.49. The smallest absolute Gasteiger partial charge is 0.129 e. The fraction of sp³-hybridized carbons (Fsp3) is 0.308. The molecule has 1 aromatic heterocycles. The first kappa shape index (κ1) is 10.8. The lowest BCUT2D eigenvalue weighted by atomic mass is 10.2. The Labute approximate surface area is 105 Å². The number of nitrogens with one attached hydrogen (secondary N) is 1. The fourth-order valence-electron chi connectivity index (χ4n) is 2.17. The Morgan fingerprint density at radius 1 is 1.12 bits per heavy atom. The van der Waals surface area contributed by atoms with Crippen LogP contribution >= 0.6 is 11.6 Å². The van der Waals surface area contributed by atoms with Crippen LogP contribution in [0.5, 0.6) is 0 Å². The summed E-state index contributed by atoms with van der Waals surface area (Å²) in [6.07, 6.45) is 1.90. The van der Waals surface area contributed by atoms with Crippen LogP contribution in [0, 0.1) is 0 Å². The van der Waals surface area contributed by atoms with E-state index in [0.717, 1.165) is 42.4 Å². The maximum absolute atomic E-state index is 5.96. The summed E-state index contributed by atoms with van der Waals surface area (Å²) in [5.41, 5.74) is 0. The summed E-state index contributed by atoms with van der Waals surface area (Å²) in [5.74, 6) is 1.06. The van der Waals surface area contributed by atoms with Crippen molar-refractivity contribution in [3.63, 3.8) is 0 Å². The quantitative estimate of drug-likeness (QED) is 0.838. The molecule has 0 saturated carbocycles. The summed E-state index contributed by atoms with van der Waals surface area (Å²) in [6, 6.07) is 8.05. The van der Waals surface area contributed by atoms with E-state index < -0.39 is 0 Å². The SMILES string of the molecule is Clc1ccc2cc(N3CCNCC3)ncc2c1. The largest absolute Gasteiger partial charge is 0.354 e. The molecule has 1 aliphatic rings. The van der Waals surface area contributed by atoms with E-state index in [0.29, 0.717) is 0 Å². The molecule has 1 N–H and O–H groups in total. The van der Waals surface area contributed by atoms with Gasteiger partial charge in [-0.15, -0.1) is 0 Å². The van der Waals surface area contributed by atoms with Crippen molar-refractivity contribution in [3.8, 4) is 0 Å². The number of nitrogens with zero attached hydrogens (tertiary/aromatic N) is 2. The van der Waals surface area contributed by atoms with Gasteiger partial charge in [0.05, 0.1) is 0 Å². The van der Waals surface area contributed by atoms with Gasteiger partial charge >= 0.3 is 0 Å². The highest BCUT2D eigenvalue weighted by Crippen LogP contribution is 2.22. The average Bonchev–Trinajstić information content (AvgIpc) is 2.39. The van der Waals surface area contributed by atoms with Crippen LogP contribution in [0.1, 0.15) is 0 Å². The number of anilines is 1. The summed E-state index contributed by atoms with van der Waals surface area (Å²) in [5, 5.41) is 6.39. The van der Waals surface area contributed by atoms with E-state index in [1.807, 2.05) is 24.4 Å².